The molecule has 2 aliphatic rings. The van der Waals surface area contributed by atoms with Crippen LogP contribution in [0.15, 0.2) is 36.4 Å². The van der Waals surface area contributed by atoms with Gasteiger partial charge in [0.25, 0.3) is 0 Å². The number of benzene rings is 1. The molecule has 10 heteroatoms. The summed E-state index contributed by atoms with van der Waals surface area (Å²) in [6, 6.07) is 10.1. The quantitative estimate of drug-likeness (QED) is 0.407. The summed E-state index contributed by atoms with van der Waals surface area (Å²) < 4.78 is 36.4. The lowest BCUT2D eigenvalue weighted by Gasteiger charge is -2.27. The van der Waals surface area contributed by atoms with Crippen molar-refractivity contribution in [3.05, 3.63) is 53.3 Å². The zero-order chi connectivity index (χ0) is 27.2. The van der Waals surface area contributed by atoms with Crippen LogP contribution in [0.2, 0.25) is 0 Å². The molecule has 4 rings (SSSR count). The van der Waals surface area contributed by atoms with Crippen LogP contribution in [0.3, 0.4) is 0 Å². The number of Topliss-reactive ketones (excluding diaryl/α,β-unsaturated/α-hetero) is 1. The van der Waals surface area contributed by atoms with Crippen LogP contribution in [0.4, 0.5) is 8.78 Å². The van der Waals surface area contributed by atoms with Gasteiger partial charge in [-0.25, -0.2) is 0 Å². The van der Waals surface area contributed by atoms with Gasteiger partial charge in [0.1, 0.15) is 5.78 Å². The number of aliphatic hydroxyl groups excluding tert-OH is 1. The van der Waals surface area contributed by atoms with Crippen LogP contribution in [0.5, 0.6) is 11.5 Å². The molecule has 1 amide bonds. The van der Waals surface area contributed by atoms with Crippen LogP contribution in [0.25, 0.3) is 0 Å². The maximum Gasteiger partial charge on any atom is 0.387 e. The van der Waals surface area contributed by atoms with Gasteiger partial charge in [-0.05, 0) is 67.9 Å². The van der Waals surface area contributed by atoms with Crippen LogP contribution in [-0.4, -0.2) is 59.0 Å². The van der Waals surface area contributed by atoms with Crippen LogP contribution in [-0.2, 0) is 22.7 Å². The Kier molecular flexibility index (Phi) is 9.27. The number of aromatic nitrogens is 1. The van der Waals surface area contributed by atoms with Gasteiger partial charge in [0.15, 0.2) is 11.5 Å². The third-order valence-corrected chi connectivity index (χ3v) is 7.16. The molecule has 1 aromatic carbocycles. The van der Waals surface area contributed by atoms with Crippen LogP contribution in [0, 0.1) is 11.8 Å². The van der Waals surface area contributed by atoms with E-state index in [1.165, 1.54) is 13.0 Å². The van der Waals surface area contributed by atoms with Crippen molar-refractivity contribution in [1.29, 1.82) is 0 Å². The number of aliphatic hydroxyl groups is 1. The van der Waals surface area contributed by atoms with Gasteiger partial charge in [-0.1, -0.05) is 19.1 Å². The Hall–Kier alpha value is -3.11. The Morgan fingerprint density at radius 3 is 2.63 bits per heavy atom. The lowest BCUT2D eigenvalue weighted by atomic mass is 9.91. The normalized spacial score (nSPS) is 20.4. The Morgan fingerprint density at radius 1 is 1.18 bits per heavy atom. The second-order valence-electron chi connectivity index (χ2n) is 10.3. The predicted molar refractivity (Wildman–Crippen MR) is 136 cm³/mol. The Bertz CT molecular complexity index is 1130. The van der Waals surface area contributed by atoms with Gasteiger partial charge < -0.3 is 19.9 Å². The van der Waals surface area contributed by atoms with Gasteiger partial charge in [-0.3, -0.25) is 19.5 Å². The molecule has 2 N–H and O–H groups in total. The number of nitrogens with zero attached hydrogens (tertiary/aromatic N) is 2. The van der Waals surface area contributed by atoms with Gasteiger partial charge in [-0.15, -0.1) is 0 Å². The van der Waals surface area contributed by atoms with Crippen molar-refractivity contribution in [2.45, 2.75) is 64.8 Å². The van der Waals surface area contributed by atoms with Crippen molar-refractivity contribution in [2.75, 3.05) is 19.7 Å². The summed E-state index contributed by atoms with van der Waals surface area (Å²) in [6.07, 6.45) is 2.76. The van der Waals surface area contributed by atoms with Gasteiger partial charge >= 0.3 is 6.61 Å². The molecule has 38 heavy (non-hydrogen) atoms. The summed E-state index contributed by atoms with van der Waals surface area (Å²) in [5.74, 6) is 0.164. The molecule has 1 unspecified atom stereocenters. The topological polar surface area (TPSA) is 101 Å². The smallest absolute Gasteiger partial charge is 0.387 e. The summed E-state index contributed by atoms with van der Waals surface area (Å²) in [6.45, 7) is 1.70. The summed E-state index contributed by atoms with van der Waals surface area (Å²) in [7, 11) is 0. The first-order chi connectivity index (χ1) is 18.2. The maximum absolute atomic E-state index is 13.1. The Morgan fingerprint density at radius 2 is 1.95 bits per heavy atom. The number of ketones is 1. The summed E-state index contributed by atoms with van der Waals surface area (Å²) >= 11 is 0. The second-order valence-corrected chi connectivity index (χ2v) is 10.3. The highest BCUT2D eigenvalue weighted by atomic mass is 19.3. The van der Waals surface area contributed by atoms with Crippen LogP contribution in [0.1, 0.15) is 56.0 Å². The summed E-state index contributed by atoms with van der Waals surface area (Å²) in [4.78, 5) is 31.4. The van der Waals surface area contributed by atoms with Crippen molar-refractivity contribution in [2.24, 2.45) is 11.8 Å². The average Bonchev–Trinajstić information content (AvgIpc) is 3.64. The molecule has 1 aliphatic carbocycles. The molecule has 0 spiro atoms. The third kappa shape index (κ3) is 7.48. The minimum absolute atomic E-state index is 0.00223. The highest BCUT2D eigenvalue weighted by Crippen LogP contribution is 2.40. The van der Waals surface area contributed by atoms with Crippen molar-refractivity contribution < 1.29 is 33.0 Å². The number of carbonyl (C=O) groups is 2. The number of nitrogens with one attached hydrogen (secondary N) is 1. The first kappa shape index (κ1) is 27.9. The van der Waals surface area contributed by atoms with Crippen LogP contribution < -0.4 is 14.8 Å². The summed E-state index contributed by atoms with van der Waals surface area (Å²) in [5, 5.41) is 12.2. The Labute approximate surface area is 221 Å². The fourth-order valence-corrected chi connectivity index (χ4v) is 4.97. The molecule has 2 fully saturated rings. The highest BCUT2D eigenvalue weighted by molar-refractivity contribution is 5.80. The largest absolute Gasteiger partial charge is 0.489 e. The minimum Gasteiger partial charge on any atom is -0.489 e. The van der Waals surface area contributed by atoms with E-state index in [-0.39, 0.29) is 49.1 Å². The molecule has 2 heterocycles. The fraction of sp³-hybridized carbons (Fsp3) is 0.536. The molecule has 0 radical (unpaired) electrons. The zero-order valence-electron chi connectivity index (χ0n) is 21.7. The van der Waals surface area contributed by atoms with Crippen molar-refractivity contribution >= 4 is 11.7 Å². The van der Waals surface area contributed by atoms with E-state index >= 15 is 0 Å². The van der Waals surface area contributed by atoms with Gasteiger partial charge in [0.2, 0.25) is 5.91 Å². The summed E-state index contributed by atoms with van der Waals surface area (Å²) in [5.41, 5.74) is 2.07. The second kappa shape index (κ2) is 12.6. The fourth-order valence-electron chi connectivity index (χ4n) is 4.97. The molecule has 1 saturated carbocycles. The minimum atomic E-state index is -2.95. The molecular weight excluding hydrogens is 496 g/mol. The number of rotatable bonds is 13. The standard InChI is InChI=1S/C28H35F2N3O5/c1-17(35)13-33-14-21(20-8-9-25(38-28(29)30)26(11-20)37-16-19-6-7-19)10-24(33)18(2)27(36)31-12-22-4-3-5-23(15-34)32-22/h3-5,8-9,11,18-19,21,24,28,34H,6-7,10,12-16H2,1-2H3,(H,31,36)/t18-,21?,24-/m1/s1. The number of amides is 1. The molecule has 1 saturated heterocycles. The lowest BCUT2D eigenvalue weighted by molar-refractivity contribution is -0.127. The van der Waals surface area contributed by atoms with E-state index in [2.05, 4.69) is 15.0 Å². The Balaban J connectivity index is 1.46. The van der Waals surface area contributed by atoms with E-state index in [9.17, 15) is 23.5 Å². The monoisotopic (exact) mass is 531 g/mol. The molecule has 1 aromatic heterocycles. The maximum atomic E-state index is 13.1. The first-order valence-corrected chi connectivity index (χ1v) is 13.0. The number of pyridine rings is 1. The molecular formula is C28H35F2N3O5. The van der Waals surface area contributed by atoms with Gasteiger partial charge in [-0.2, -0.15) is 8.78 Å². The van der Waals surface area contributed by atoms with Crippen molar-refractivity contribution in [1.82, 2.24) is 15.2 Å². The molecule has 0 bridgehead atoms. The number of ether oxygens (including phenoxy) is 2. The van der Waals surface area contributed by atoms with Crippen molar-refractivity contribution in [3.63, 3.8) is 0 Å². The lowest BCUT2D eigenvalue weighted by Crippen LogP contribution is -2.43. The zero-order valence-corrected chi connectivity index (χ0v) is 21.7. The third-order valence-electron chi connectivity index (χ3n) is 7.16. The van der Waals surface area contributed by atoms with Gasteiger partial charge in [0, 0.05) is 12.6 Å². The number of halogens is 2. The van der Waals surface area contributed by atoms with Gasteiger partial charge in [0.05, 0.1) is 43.6 Å². The van der Waals surface area contributed by atoms with E-state index < -0.39 is 12.5 Å². The number of alkyl halides is 2. The van der Waals surface area contributed by atoms with E-state index in [1.54, 1.807) is 30.3 Å². The molecule has 3 atom stereocenters. The molecule has 2 aromatic rings. The van der Waals surface area contributed by atoms with E-state index in [0.717, 1.165) is 18.4 Å². The van der Waals surface area contributed by atoms with Crippen LogP contribution >= 0.6 is 0 Å². The van der Waals surface area contributed by atoms with E-state index in [1.807, 2.05) is 11.8 Å². The van der Waals surface area contributed by atoms with E-state index in [4.69, 9.17) is 4.74 Å². The average molecular weight is 532 g/mol. The first-order valence-electron chi connectivity index (χ1n) is 13.0. The number of likely N-dealkylation sites (tertiary alicyclic amines) is 1. The number of carbonyl (C=O) groups excluding carboxylic acids is 2. The number of hydrogen-bond acceptors (Lipinski definition) is 7. The molecule has 8 nitrogen and oxygen atoms in total. The highest BCUT2D eigenvalue weighted by Gasteiger charge is 2.39. The SMILES string of the molecule is CC(=O)CN1CC(c2ccc(OC(F)F)c(OCC3CC3)c2)C[C@@H]1[C@@H](C)C(=O)NCc1cccc(CO)n1. The van der Waals surface area contributed by atoms with E-state index in [0.29, 0.717) is 42.6 Å². The molecule has 1 aliphatic heterocycles. The predicted octanol–water partition coefficient (Wildman–Crippen LogP) is 3.66. The molecule has 206 valence electrons. The number of hydrogen-bond donors (Lipinski definition) is 2. The van der Waals surface area contributed by atoms with Crippen molar-refractivity contribution in [3.8, 4) is 11.5 Å².